The first kappa shape index (κ1) is 18.7. The molecule has 0 unspecified atom stereocenters. The molecule has 0 amide bonds. The molecule has 0 saturated carbocycles. The van der Waals surface area contributed by atoms with Gasteiger partial charge in [0.05, 0.1) is 28.5 Å². The number of fused-ring (bicyclic) bond motifs is 1. The fraction of sp³-hybridized carbons (Fsp3) is 0.579. The average Bonchev–Trinajstić information content (AvgIpc) is 3.07. The van der Waals surface area contributed by atoms with Crippen molar-refractivity contribution in [2.75, 3.05) is 11.5 Å². The highest BCUT2D eigenvalue weighted by Crippen LogP contribution is 2.37. The Bertz CT molecular complexity index is 939. The summed E-state index contributed by atoms with van der Waals surface area (Å²) >= 11 is 0. The van der Waals surface area contributed by atoms with Gasteiger partial charge in [-0.15, -0.1) is 0 Å². The molecule has 4 heterocycles. The fourth-order valence-electron chi connectivity index (χ4n) is 3.59. The molecule has 4 rings (SSSR count). The summed E-state index contributed by atoms with van der Waals surface area (Å²) in [5.74, 6) is 2.16. The van der Waals surface area contributed by atoms with E-state index in [-0.39, 0.29) is 0 Å². The van der Waals surface area contributed by atoms with Crippen LogP contribution in [0.3, 0.4) is 0 Å². The van der Waals surface area contributed by atoms with Crippen molar-refractivity contribution in [3.8, 4) is 6.07 Å². The number of hydrogen-bond donors (Lipinski definition) is 0. The van der Waals surface area contributed by atoms with E-state index < -0.39 is 29.1 Å². The topological polar surface area (TPSA) is 76.6 Å². The highest BCUT2D eigenvalue weighted by Gasteiger charge is 2.52. The lowest BCUT2D eigenvalue weighted by Crippen LogP contribution is -2.41. The summed E-state index contributed by atoms with van der Waals surface area (Å²) < 4.78 is 25.6. The van der Waals surface area contributed by atoms with Crippen LogP contribution in [0, 0.1) is 17.2 Å². The number of nitriles is 1. The molecule has 0 aliphatic carbocycles. The van der Waals surface area contributed by atoms with Crippen LogP contribution in [0.1, 0.15) is 45.2 Å². The minimum absolute atomic E-state index is 0.451. The molecule has 0 atom stereocenters. The summed E-state index contributed by atoms with van der Waals surface area (Å²) in [5, 5.41) is 13.9. The van der Waals surface area contributed by atoms with Gasteiger partial charge in [-0.3, -0.25) is 4.21 Å². The molecule has 8 heteroatoms. The van der Waals surface area contributed by atoms with Gasteiger partial charge in [-0.05, 0) is 52.0 Å². The smallest absolute Gasteiger partial charge is 0.399 e. The van der Waals surface area contributed by atoms with Crippen LogP contribution in [0.4, 0.5) is 0 Å². The molecule has 0 N–H and O–H groups in total. The minimum atomic E-state index is -0.618. The maximum Gasteiger partial charge on any atom is 0.497 e. The zero-order chi connectivity index (χ0) is 19.4. The van der Waals surface area contributed by atoms with Crippen LogP contribution in [-0.2, 0) is 26.5 Å². The van der Waals surface area contributed by atoms with Crippen molar-refractivity contribution in [1.82, 2.24) is 9.61 Å². The Morgan fingerprint density at radius 2 is 2.00 bits per heavy atom. The van der Waals surface area contributed by atoms with Crippen LogP contribution in [-0.4, -0.2) is 43.6 Å². The molecular weight excluding hydrogens is 361 g/mol. The number of pyridine rings is 1. The third-order valence-electron chi connectivity index (χ3n) is 6.01. The van der Waals surface area contributed by atoms with Crippen molar-refractivity contribution in [2.24, 2.45) is 5.92 Å². The molecule has 2 aliphatic rings. The molecule has 0 aromatic carbocycles. The molecule has 2 aromatic rings. The van der Waals surface area contributed by atoms with Crippen LogP contribution in [0.2, 0.25) is 0 Å². The molecule has 0 spiro atoms. The summed E-state index contributed by atoms with van der Waals surface area (Å²) in [6.07, 6.45) is 5.45. The minimum Gasteiger partial charge on any atom is -0.399 e. The maximum absolute atomic E-state index is 11.3. The molecule has 2 aliphatic heterocycles. The van der Waals surface area contributed by atoms with Crippen molar-refractivity contribution in [2.45, 2.75) is 51.7 Å². The molecule has 2 aromatic heterocycles. The van der Waals surface area contributed by atoms with Crippen LogP contribution in [0.15, 0.2) is 18.5 Å². The van der Waals surface area contributed by atoms with Gasteiger partial charge in [0.2, 0.25) is 0 Å². The van der Waals surface area contributed by atoms with Crippen LogP contribution < -0.4 is 5.46 Å². The molecule has 0 bridgehead atoms. The number of hydrogen-bond acceptors (Lipinski definition) is 5. The molecule has 2 saturated heterocycles. The lowest BCUT2D eigenvalue weighted by atomic mass is 9.77. The number of rotatable bonds is 4. The Morgan fingerprint density at radius 3 is 2.59 bits per heavy atom. The van der Waals surface area contributed by atoms with Crippen LogP contribution >= 0.6 is 0 Å². The largest absolute Gasteiger partial charge is 0.497 e. The first-order valence-electron chi connectivity index (χ1n) is 9.31. The summed E-state index contributed by atoms with van der Waals surface area (Å²) in [4.78, 5) is 0. The number of nitrogens with zero attached hydrogens (tertiary/aromatic N) is 3. The van der Waals surface area contributed by atoms with Gasteiger partial charge in [0.25, 0.3) is 0 Å². The second-order valence-electron chi connectivity index (χ2n) is 8.53. The fourth-order valence-corrected chi connectivity index (χ4v) is 4.88. The SMILES string of the molecule is CC1(C)OB(c2cc(CCC3CS(=O)C3)cn3ncc(C#N)c23)OC1(C)C. The van der Waals surface area contributed by atoms with Crippen molar-refractivity contribution in [3.05, 3.63) is 29.6 Å². The van der Waals surface area contributed by atoms with Crippen molar-refractivity contribution in [3.63, 3.8) is 0 Å². The van der Waals surface area contributed by atoms with Crippen molar-refractivity contribution < 1.29 is 13.5 Å². The average molecular weight is 385 g/mol. The summed E-state index contributed by atoms with van der Waals surface area (Å²) in [5.41, 5.74) is 2.32. The molecule has 6 nitrogen and oxygen atoms in total. The van der Waals surface area contributed by atoms with E-state index in [0.717, 1.165) is 40.9 Å². The molecule has 27 heavy (non-hydrogen) atoms. The van der Waals surface area contributed by atoms with Crippen LogP contribution in [0.25, 0.3) is 5.52 Å². The van der Waals surface area contributed by atoms with Gasteiger partial charge in [-0.25, -0.2) is 4.52 Å². The lowest BCUT2D eigenvalue weighted by molar-refractivity contribution is 0.00578. The predicted octanol–water partition coefficient (Wildman–Crippen LogP) is 1.82. The lowest BCUT2D eigenvalue weighted by Gasteiger charge is -2.32. The number of aryl methyl sites for hydroxylation is 1. The summed E-state index contributed by atoms with van der Waals surface area (Å²) in [6.45, 7) is 8.08. The Balaban J connectivity index is 1.70. The van der Waals surface area contributed by atoms with Gasteiger partial charge in [0.1, 0.15) is 6.07 Å². The van der Waals surface area contributed by atoms with Gasteiger partial charge in [0.15, 0.2) is 0 Å². The molecule has 0 radical (unpaired) electrons. The van der Waals surface area contributed by atoms with E-state index in [2.05, 4.69) is 17.2 Å². The van der Waals surface area contributed by atoms with Gasteiger partial charge < -0.3 is 9.31 Å². The molecule has 2 fully saturated rings. The predicted molar refractivity (Wildman–Crippen MR) is 105 cm³/mol. The van der Waals surface area contributed by atoms with E-state index in [0.29, 0.717) is 11.5 Å². The standard InChI is InChI=1S/C19H24BN3O3S/c1-18(2)19(3,4)26-20(25-18)16-7-13(5-6-14-11-27(24)12-14)10-23-17(16)15(8-21)9-22-23/h7,9-10,14H,5-6,11-12H2,1-4H3. The van der Waals surface area contributed by atoms with Gasteiger partial charge in [0, 0.05) is 34.0 Å². The summed E-state index contributed by atoms with van der Waals surface area (Å²) in [6, 6.07) is 4.30. The second-order valence-corrected chi connectivity index (χ2v) is 10.1. The first-order chi connectivity index (χ1) is 12.7. The second kappa shape index (κ2) is 6.44. The van der Waals surface area contributed by atoms with E-state index >= 15 is 0 Å². The zero-order valence-corrected chi connectivity index (χ0v) is 17.0. The van der Waals surface area contributed by atoms with E-state index in [1.165, 1.54) is 0 Å². The Kier molecular flexibility index (Phi) is 4.45. The van der Waals surface area contributed by atoms with Gasteiger partial charge in [-0.1, -0.05) is 6.07 Å². The Morgan fingerprint density at radius 1 is 1.33 bits per heavy atom. The third kappa shape index (κ3) is 3.22. The zero-order valence-electron chi connectivity index (χ0n) is 16.2. The van der Waals surface area contributed by atoms with Crippen molar-refractivity contribution >= 4 is 28.9 Å². The van der Waals surface area contributed by atoms with Crippen molar-refractivity contribution in [1.29, 1.82) is 5.26 Å². The first-order valence-corrected chi connectivity index (χ1v) is 10.8. The molecular formula is C19H24BN3O3S. The normalized spacial score (nSPS) is 26.1. The van der Waals surface area contributed by atoms with Gasteiger partial charge in [-0.2, -0.15) is 10.4 Å². The van der Waals surface area contributed by atoms with E-state index in [1.54, 1.807) is 10.7 Å². The maximum atomic E-state index is 11.3. The highest BCUT2D eigenvalue weighted by atomic mass is 32.2. The Labute approximate surface area is 162 Å². The van der Waals surface area contributed by atoms with E-state index in [9.17, 15) is 9.47 Å². The van der Waals surface area contributed by atoms with E-state index in [1.807, 2.05) is 33.9 Å². The van der Waals surface area contributed by atoms with Crippen LogP contribution in [0.5, 0.6) is 0 Å². The summed E-state index contributed by atoms with van der Waals surface area (Å²) in [7, 11) is -1.16. The van der Waals surface area contributed by atoms with E-state index in [4.69, 9.17) is 9.31 Å². The Hall–Kier alpha value is -1.69. The monoisotopic (exact) mass is 385 g/mol. The molecule has 142 valence electrons. The highest BCUT2D eigenvalue weighted by molar-refractivity contribution is 7.86. The quantitative estimate of drug-likeness (QED) is 0.751. The number of aromatic nitrogens is 2. The van der Waals surface area contributed by atoms with Gasteiger partial charge >= 0.3 is 7.12 Å². The third-order valence-corrected chi connectivity index (χ3v) is 7.70.